The van der Waals surface area contributed by atoms with E-state index in [4.69, 9.17) is 9.47 Å². The van der Waals surface area contributed by atoms with Crippen LogP contribution in [0.4, 0.5) is 0 Å². The summed E-state index contributed by atoms with van der Waals surface area (Å²) in [6.45, 7) is 3.28. The molecule has 0 radical (unpaired) electrons. The molecule has 0 fully saturated rings. The van der Waals surface area contributed by atoms with Crippen molar-refractivity contribution in [1.29, 1.82) is 0 Å². The Hall–Kier alpha value is -2.75. The van der Waals surface area contributed by atoms with E-state index in [1.807, 2.05) is 49.6 Å². The van der Waals surface area contributed by atoms with Crippen molar-refractivity contribution in [3.8, 4) is 22.9 Å². The van der Waals surface area contributed by atoms with Crippen LogP contribution >= 0.6 is 0 Å². The first-order valence-corrected chi connectivity index (χ1v) is 8.32. The van der Waals surface area contributed by atoms with Gasteiger partial charge in [0, 0.05) is 18.8 Å². The zero-order valence-electron chi connectivity index (χ0n) is 13.7. The lowest BCUT2D eigenvalue weighted by molar-refractivity contribution is 0.225. The first-order chi connectivity index (χ1) is 11.9. The molecule has 0 amide bonds. The molecule has 24 heavy (non-hydrogen) atoms. The highest BCUT2D eigenvalue weighted by molar-refractivity contribution is 5.64. The predicted molar refractivity (Wildman–Crippen MR) is 93.5 cm³/mol. The number of ether oxygens (including phenoxy) is 2. The van der Waals surface area contributed by atoms with Crippen molar-refractivity contribution in [2.75, 3.05) is 13.2 Å². The maximum atomic E-state index is 5.95. The summed E-state index contributed by atoms with van der Waals surface area (Å²) in [5.41, 5.74) is 2.26. The van der Waals surface area contributed by atoms with Crippen molar-refractivity contribution in [1.82, 2.24) is 9.55 Å². The average Bonchev–Trinajstić information content (AvgIpc) is 3.11. The Morgan fingerprint density at radius 3 is 2.92 bits per heavy atom. The van der Waals surface area contributed by atoms with Gasteiger partial charge in [0.25, 0.3) is 0 Å². The van der Waals surface area contributed by atoms with Crippen molar-refractivity contribution in [3.05, 3.63) is 66.5 Å². The molecule has 2 heterocycles. The Labute approximate surface area is 141 Å². The van der Waals surface area contributed by atoms with Crippen LogP contribution in [0.1, 0.15) is 18.5 Å². The molecule has 1 atom stereocenters. The summed E-state index contributed by atoms with van der Waals surface area (Å²) in [6, 6.07) is 16.5. The second-order valence-corrected chi connectivity index (χ2v) is 5.86. The van der Waals surface area contributed by atoms with Gasteiger partial charge in [-0.3, -0.25) is 0 Å². The molecular formula is C20H20N2O2. The lowest BCUT2D eigenvalue weighted by Crippen LogP contribution is -2.24. The van der Waals surface area contributed by atoms with E-state index in [0.29, 0.717) is 13.2 Å². The van der Waals surface area contributed by atoms with Crippen LogP contribution in [0.25, 0.3) is 11.4 Å². The Kier molecular flexibility index (Phi) is 3.95. The third-order valence-corrected chi connectivity index (χ3v) is 4.35. The lowest BCUT2D eigenvalue weighted by atomic mass is 10.0. The van der Waals surface area contributed by atoms with Crippen LogP contribution in [0.5, 0.6) is 11.5 Å². The summed E-state index contributed by atoms with van der Waals surface area (Å²) in [6.07, 6.45) is 4.81. The van der Waals surface area contributed by atoms with Gasteiger partial charge in [-0.1, -0.05) is 30.3 Å². The molecule has 4 nitrogen and oxygen atoms in total. The Balaban J connectivity index is 1.69. The van der Waals surface area contributed by atoms with E-state index in [1.165, 1.54) is 5.56 Å². The zero-order chi connectivity index (χ0) is 16.4. The van der Waals surface area contributed by atoms with E-state index < -0.39 is 0 Å². The lowest BCUT2D eigenvalue weighted by Gasteiger charge is -2.27. The van der Waals surface area contributed by atoms with Gasteiger partial charge >= 0.3 is 0 Å². The van der Waals surface area contributed by atoms with Crippen LogP contribution in [0.15, 0.2) is 60.9 Å². The third kappa shape index (κ3) is 2.64. The van der Waals surface area contributed by atoms with Crippen LogP contribution in [0.2, 0.25) is 0 Å². The fraction of sp³-hybridized carbons (Fsp3) is 0.250. The van der Waals surface area contributed by atoms with E-state index in [-0.39, 0.29) is 6.04 Å². The molecule has 3 aromatic rings. The molecule has 0 N–H and O–H groups in total. The molecule has 4 heteroatoms. The van der Waals surface area contributed by atoms with Gasteiger partial charge in [0.05, 0.1) is 18.2 Å². The van der Waals surface area contributed by atoms with Crippen molar-refractivity contribution >= 4 is 0 Å². The van der Waals surface area contributed by atoms with E-state index >= 15 is 0 Å². The molecular weight excluding hydrogens is 300 g/mol. The van der Waals surface area contributed by atoms with Crippen LogP contribution < -0.4 is 9.47 Å². The van der Waals surface area contributed by atoms with Crippen molar-refractivity contribution < 1.29 is 9.47 Å². The molecule has 0 saturated carbocycles. The Morgan fingerprint density at radius 1 is 1.17 bits per heavy atom. The van der Waals surface area contributed by atoms with E-state index in [0.717, 1.165) is 29.3 Å². The molecule has 1 aliphatic rings. The second-order valence-electron chi connectivity index (χ2n) is 5.86. The van der Waals surface area contributed by atoms with Gasteiger partial charge in [-0.05, 0) is 30.7 Å². The molecule has 1 aromatic heterocycles. The van der Waals surface area contributed by atoms with Gasteiger partial charge in [0.15, 0.2) is 0 Å². The summed E-state index contributed by atoms with van der Waals surface area (Å²) in [5, 5.41) is 0. The summed E-state index contributed by atoms with van der Waals surface area (Å²) in [4.78, 5) is 4.59. The highest BCUT2D eigenvalue weighted by Gasteiger charge is 2.24. The van der Waals surface area contributed by atoms with E-state index in [2.05, 4.69) is 27.8 Å². The molecule has 122 valence electrons. The maximum Gasteiger partial charge on any atom is 0.144 e. The zero-order valence-corrected chi connectivity index (χ0v) is 13.7. The Bertz CT molecular complexity index is 841. The molecule has 1 unspecified atom stereocenters. The summed E-state index contributed by atoms with van der Waals surface area (Å²) >= 11 is 0. The minimum absolute atomic E-state index is 0.229. The fourth-order valence-corrected chi connectivity index (χ4v) is 3.24. The summed E-state index contributed by atoms with van der Waals surface area (Å²) in [5.74, 6) is 2.78. The SMILES string of the molecule is CCOc1ccccc1-c1nccn1C1COc2ccccc2C1. The minimum Gasteiger partial charge on any atom is -0.493 e. The van der Waals surface area contributed by atoms with E-state index in [9.17, 15) is 0 Å². The number of rotatable bonds is 4. The van der Waals surface area contributed by atoms with Gasteiger partial charge in [-0.2, -0.15) is 0 Å². The maximum absolute atomic E-state index is 5.95. The van der Waals surface area contributed by atoms with Crippen molar-refractivity contribution in [2.24, 2.45) is 0 Å². The average molecular weight is 320 g/mol. The smallest absolute Gasteiger partial charge is 0.144 e. The Morgan fingerprint density at radius 2 is 2.00 bits per heavy atom. The van der Waals surface area contributed by atoms with Crippen LogP contribution in [-0.2, 0) is 6.42 Å². The van der Waals surface area contributed by atoms with Gasteiger partial charge < -0.3 is 14.0 Å². The highest BCUT2D eigenvalue weighted by atomic mass is 16.5. The number of benzene rings is 2. The molecule has 2 aromatic carbocycles. The third-order valence-electron chi connectivity index (χ3n) is 4.35. The highest BCUT2D eigenvalue weighted by Crippen LogP contribution is 2.34. The number of nitrogens with zero attached hydrogens (tertiary/aromatic N) is 2. The van der Waals surface area contributed by atoms with Gasteiger partial charge in [0.1, 0.15) is 23.9 Å². The standard InChI is InChI=1S/C20H20N2O2/c1-2-23-19-10-6-4-8-17(19)20-21-11-12-22(20)16-13-15-7-3-5-9-18(15)24-14-16/h3-12,16H,2,13-14H2,1H3. The molecule has 0 spiro atoms. The van der Waals surface area contributed by atoms with Gasteiger partial charge in [0.2, 0.25) is 0 Å². The number of para-hydroxylation sites is 2. The molecule has 0 aliphatic carbocycles. The van der Waals surface area contributed by atoms with Crippen molar-refractivity contribution in [3.63, 3.8) is 0 Å². The fourth-order valence-electron chi connectivity index (χ4n) is 3.24. The minimum atomic E-state index is 0.229. The molecule has 4 rings (SSSR count). The second kappa shape index (κ2) is 6.40. The number of fused-ring (bicyclic) bond motifs is 1. The monoisotopic (exact) mass is 320 g/mol. The van der Waals surface area contributed by atoms with E-state index in [1.54, 1.807) is 0 Å². The van der Waals surface area contributed by atoms with Crippen molar-refractivity contribution in [2.45, 2.75) is 19.4 Å². The quantitative estimate of drug-likeness (QED) is 0.725. The molecule has 1 aliphatic heterocycles. The first kappa shape index (κ1) is 14.8. The summed E-state index contributed by atoms with van der Waals surface area (Å²) in [7, 11) is 0. The number of hydrogen-bond donors (Lipinski definition) is 0. The van der Waals surface area contributed by atoms with Crippen LogP contribution in [0.3, 0.4) is 0 Å². The largest absolute Gasteiger partial charge is 0.493 e. The predicted octanol–water partition coefficient (Wildman–Crippen LogP) is 4.13. The topological polar surface area (TPSA) is 36.3 Å². The number of imidazole rings is 1. The summed E-state index contributed by atoms with van der Waals surface area (Å²) < 4.78 is 13.9. The van der Waals surface area contributed by atoms with Gasteiger partial charge in [-0.15, -0.1) is 0 Å². The first-order valence-electron chi connectivity index (χ1n) is 8.32. The number of aromatic nitrogens is 2. The molecule has 0 bridgehead atoms. The van der Waals surface area contributed by atoms with Crippen LogP contribution in [-0.4, -0.2) is 22.8 Å². The van der Waals surface area contributed by atoms with Gasteiger partial charge in [-0.25, -0.2) is 4.98 Å². The number of hydrogen-bond acceptors (Lipinski definition) is 3. The normalized spacial score (nSPS) is 16.3. The molecule has 0 saturated heterocycles. The van der Waals surface area contributed by atoms with Crippen LogP contribution in [0, 0.1) is 0 Å².